The summed E-state index contributed by atoms with van der Waals surface area (Å²) in [6.45, 7) is 0. The number of aromatic nitrogens is 3. The van der Waals surface area contributed by atoms with E-state index in [0.717, 1.165) is 22.0 Å². The van der Waals surface area contributed by atoms with E-state index in [1.807, 2.05) is 36.5 Å². The van der Waals surface area contributed by atoms with Gasteiger partial charge in [-0.3, -0.25) is 4.98 Å². The van der Waals surface area contributed by atoms with Gasteiger partial charge in [-0.2, -0.15) is 0 Å². The number of hydrogen-bond acceptors (Lipinski definition) is 4. The summed E-state index contributed by atoms with van der Waals surface area (Å²) in [4.78, 5) is 4.11. The van der Waals surface area contributed by atoms with E-state index in [1.165, 1.54) is 0 Å². The molecule has 0 saturated heterocycles. The number of hydrogen-bond donors (Lipinski definition) is 1. The lowest BCUT2D eigenvalue weighted by Crippen LogP contribution is -1.94. The second kappa shape index (κ2) is 3.83. The summed E-state index contributed by atoms with van der Waals surface area (Å²) in [5, 5.41) is 10.2. The number of rotatable bonds is 1. The zero-order chi connectivity index (χ0) is 11.7. The number of anilines is 1. The van der Waals surface area contributed by atoms with Gasteiger partial charge in [0.1, 0.15) is 5.82 Å². The van der Waals surface area contributed by atoms with E-state index in [-0.39, 0.29) is 0 Å². The largest absolute Gasteiger partial charge is 0.382 e. The van der Waals surface area contributed by atoms with Crippen molar-refractivity contribution < 1.29 is 0 Å². The van der Waals surface area contributed by atoms with Crippen molar-refractivity contribution in [3.63, 3.8) is 0 Å². The monoisotopic (exact) mass is 222 g/mol. The molecule has 0 radical (unpaired) electrons. The van der Waals surface area contributed by atoms with Crippen LogP contribution >= 0.6 is 0 Å². The van der Waals surface area contributed by atoms with Gasteiger partial charge < -0.3 is 5.73 Å². The van der Waals surface area contributed by atoms with Gasteiger partial charge in [-0.15, -0.1) is 10.2 Å². The number of nitrogens with two attached hydrogens (primary N) is 1. The number of nitrogens with zero attached hydrogens (tertiary/aromatic N) is 3. The lowest BCUT2D eigenvalue weighted by Gasteiger charge is -2.04. The zero-order valence-corrected chi connectivity index (χ0v) is 9.04. The van der Waals surface area contributed by atoms with E-state index in [0.29, 0.717) is 5.82 Å². The van der Waals surface area contributed by atoms with Gasteiger partial charge >= 0.3 is 0 Å². The maximum Gasteiger partial charge on any atom is 0.146 e. The highest BCUT2D eigenvalue weighted by Gasteiger charge is 2.04. The summed E-state index contributed by atoms with van der Waals surface area (Å²) >= 11 is 0. The third kappa shape index (κ3) is 1.69. The lowest BCUT2D eigenvalue weighted by molar-refractivity contribution is 1.05. The lowest BCUT2D eigenvalue weighted by atomic mass is 10.0. The van der Waals surface area contributed by atoms with E-state index in [9.17, 15) is 0 Å². The van der Waals surface area contributed by atoms with E-state index >= 15 is 0 Å². The third-order valence-corrected chi connectivity index (χ3v) is 2.64. The minimum absolute atomic E-state index is 0.427. The van der Waals surface area contributed by atoms with Crippen molar-refractivity contribution in [1.82, 2.24) is 15.2 Å². The highest BCUT2D eigenvalue weighted by Crippen LogP contribution is 2.26. The van der Waals surface area contributed by atoms with Crippen molar-refractivity contribution in [3.05, 3.63) is 48.8 Å². The molecule has 0 aliphatic carbocycles. The van der Waals surface area contributed by atoms with Crippen molar-refractivity contribution in [1.29, 1.82) is 0 Å². The predicted molar refractivity (Wildman–Crippen MR) is 67.2 cm³/mol. The van der Waals surface area contributed by atoms with Crippen LogP contribution in [0.4, 0.5) is 5.82 Å². The Morgan fingerprint density at radius 3 is 2.71 bits per heavy atom. The molecule has 17 heavy (non-hydrogen) atoms. The van der Waals surface area contributed by atoms with Crippen LogP contribution in [0.2, 0.25) is 0 Å². The fourth-order valence-corrected chi connectivity index (χ4v) is 1.83. The topological polar surface area (TPSA) is 64.7 Å². The molecule has 0 amide bonds. The molecule has 0 unspecified atom stereocenters. The maximum absolute atomic E-state index is 5.53. The zero-order valence-electron chi connectivity index (χ0n) is 9.04. The third-order valence-electron chi connectivity index (χ3n) is 2.64. The minimum atomic E-state index is 0.427. The van der Waals surface area contributed by atoms with E-state index < -0.39 is 0 Å². The van der Waals surface area contributed by atoms with Gasteiger partial charge in [0, 0.05) is 23.3 Å². The van der Waals surface area contributed by atoms with Crippen molar-refractivity contribution >= 4 is 16.6 Å². The highest BCUT2D eigenvalue weighted by atomic mass is 15.1. The molecule has 82 valence electrons. The van der Waals surface area contributed by atoms with Gasteiger partial charge in [0.25, 0.3) is 0 Å². The molecule has 0 aliphatic heterocycles. The molecule has 3 aromatic rings. The van der Waals surface area contributed by atoms with E-state index in [2.05, 4.69) is 15.2 Å². The fourth-order valence-electron chi connectivity index (χ4n) is 1.83. The molecular formula is C13H10N4. The summed E-state index contributed by atoms with van der Waals surface area (Å²) in [5.74, 6) is 0.427. The Morgan fingerprint density at radius 1 is 0.941 bits per heavy atom. The van der Waals surface area contributed by atoms with Crippen molar-refractivity contribution in [2.75, 3.05) is 5.73 Å². The molecule has 2 N–H and O–H groups in total. The second-order valence-corrected chi connectivity index (χ2v) is 3.75. The van der Waals surface area contributed by atoms with Gasteiger partial charge in [0.05, 0.1) is 5.69 Å². The molecule has 0 atom stereocenters. The van der Waals surface area contributed by atoms with Crippen molar-refractivity contribution in [2.24, 2.45) is 0 Å². The summed E-state index contributed by atoms with van der Waals surface area (Å²) < 4.78 is 0. The number of nitrogen functional groups attached to an aromatic ring is 1. The number of fused-ring (bicyclic) bond motifs is 1. The highest BCUT2D eigenvalue weighted by molar-refractivity contribution is 5.95. The first kappa shape index (κ1) is 9.72. The van der Waals surface area contributed by atoms with E-state index in [4.69, 9.17) is 5.73 Å². The average molecular weight is 222 g/mol. The first-order valence-electron chi connectivity index (χ1n) is 5.27. The Kier molecular flexibility index (Phi) is 2.19. The predicted octanol–water partition coefficient (Wildman–Crippen LogP) is 2.27. The Bertz CT molecular complexity index is 656. The number of benzene rings is 1. The summed E-state index contributed by atoms with van der Waals surface area (Å²) in [5.41, 5.74) is 7.39. The normalized spacial score (nSPS) is 10.6. The van der Waals surface area contributed by atoms with Gasteiger partial charge in [-0.1, -0.05) is 18.2 Å². The smallest absolute Gasteiger partial charge is 0.146 e. The van der Waals surface area contributed by atoms with Crippen LogP contribution in [0.1, 0.15) is 0 Å². The molecular weight excluding hydrogens is 212 g/mol. The quantitative estimate of drug-likeness (QED) is 0.686. The molecule has 3 rings (SSSR count). The Labute approximate surface area is 98.1 Å². The molecule has 4 heteroatoms. The van der Waals surface area contributed by atoms with Crippen LogP contribution in [-0.2, 0) is 0 Å². The fraction of sp³-hybridized carbons (Fsp3) is 0. The van der Waals surface area contributed by atoms with Gasteiger partial charge in [0.2, 0.25) is 0 Å². The average Bonchev–Trinajstić information content (AvgIpc) is 2.39. The summed E-state index contributed by atoms with van der Waals surface area (Å²) in [7, 11) is 0. The summed E-state index contributed by atoms with van der Waals surface area (Å²) in [6.07, 6.45) is 3.61. The van der Waals surface area contributed by atoms with Crippen LogP contribution in [0.25, 0.3) is 22.0 Å². The van der Waals surface area contributed by atoms with Crippen LogP contribution in [-0.4, -0.2) is 15.2 Å². The van der Waals surface area contributed by atoms with Gasteiger partial charge in [-0.25, -0.2) is 0 Å². The molecule has 2 aromatic heterocycles. The molecule has 0 saturated carbocycles. The summed E-state index contributed by atoms with van der Waals surface area (Å²) in [6, 6.07) is 11.6. The first-order chi connectivity index (χ1) is 8.34. The first-order valence-corrected chi connectivity index (χ1v) is 5.27. The molecule has 0 bridgehead atoms. The molecule has 0 spiro atoms. The van der Waals surface area contributed by atoms with Crippen LogP contribution in [0.3, 0.4) is 0 Å². The molecule has 2 heterocycles. The maximum atomic E-state index is 5.53. The van der Waals surface area contributed by atoms with Gasteiger partial charge in [0.15, 0.2) is 0 Å². The van der Waals surface area contributed by atoms with Crippen molar-refractivity contribution in [3.8, 4) is 11.3 Å². The Hall–Kier alpha value is -2.49. The number of pyridine rings is 1. The Morgan fingerprint density at radius 2 is 1.88 bits per heavy atom. The molecule has 0 fully saturated rings. The van der Waals surface area contributed by atoms with Gasteiger partial charge in [-0.05, 0) is 23.6 Å². The molecule has 0 aliphatic rings. The Balaban J connectivity index is 2.27. The minimum Gasteiger partial charge on any atom is -0.382 e. The van der Waals surface area contributed by atoms with E-state index in [1.54, 1.807) is 12.3 Å². The molecule has 1 aromatic carbocycles. The standard InChI is InChI=1S/C13H10N4/c14-13-5-4-12(16-17-13)11-3-1-2-9-8-15-7-6-10(9)11/h1-8H,(H2,14,17). The second-order valence-electron chi connectivity index (χ2n) is 3.75. The van der Waals surface area contributed by atoms with Crippen LogP contribution in [0, 0.1) is 0 Å². The SMILES string of the molecule is Nc1ccc(-c2cccc3cnccc23)nn1. The molecule has 4 nitrogen and oxygen atoms in total. The van der Waals surface area contributed by atoms with Crippen molar-refractivity contribution in [2.45, 2.75) is 0 Å². The van der Waals surface area contributed by atoms with Crippen LogP contribution in [0.5, 0.6) is 0 Å². The van der Waals surface area contributed by atoms with Crippen LogP contribution < -0.4 is 5.73 Å². The van der Waals surface area contributed by atoms with Crippen LogP contribution in [0.15, 0.2) is 48.8 Å².